The first-order valence-corrected chi connectivity index (χ1v) is 10.1. The molecule has 2 aliphatic rings. The van der Waals surface area contributed by atoms with Gasteiger partial charge in [-0.15, -0.1) is 0 Å². The first-order chi connectivity index (χ1) is 14.6. The van der Waals surface area contributed by atoms with Gasteiger partial charge in [0.25, 0.3) is 0 Å². The Balaban J connectivity index is 1.30. The monoisotopic (exact) mass is 403 g/mol. The van der Waals surface area contributed by atoms with Crippen molar-refractivity contribution >= 4 is 6.09 Å². The Morgan fingerprint density at radius 3 is 2.27 bits per heavy atom. The molecule has 1 amide bonds. The Bertz CT molecular complexity index is 1070. The fourth-order valence-electron chi connectivity index (χ4n) is 4.69. The summed E-state index contributed by atoms with van der Waals surface area (Å²) in [7, 11) is 0. The summed E-state index contributed by atoms with van der Waals surface area (Å²) in [6.07, 6.45) is -0.206. The molecule has 1 heterocycles. The minimum absolute atomic E-state index is 0.0185. The van der Waals surface area contributed by atoms with Gasteiger partial charge in [-0.05, 0) is 34.7 Å². The second-order valence-corrected chi connectivity index (χ2v) is 7.99. The van der Waals surface area contributed by atoms with Gasteiger partial charge in [0.15, 0.2) is 0 Å². The lowest BCUT2D eigenvalue weighted by Gasteiger charge is -2.24. The van der Waals surface area contributed by atoms with Gasteiger partial charge in [-0.1, -0.05) is 66.7 Å². The lowest BCUT2D eigenvalue weighted by atomic mass is 9.93. The highest BCUT2D eigenvalue weighted by atomic mass is 19.1. The molecule has 0 radical (unpaired) electrons. The number of rotatable bonds is 3. The molecule has 30 heavy (non-hydrogen) atoms. The summed E-state index contributed by atoms with van der Waals surface area (Å²) >= 11 is 0. The van der Waals surface area contributed by atoms with E-state index in [0.29, 0.717) is 6.54 Å². The number of carbonyl (C=O) groups is 1. The lowest BCUT2D eigenvalue weighted by molar-refractivity contribution is 0.0383. The molecule has 1 atom stereocenters. The van der Waals surface area contributed by atoms with E-state index in [1.165, 1.54) is 22.1 Å². The van der Waals surface area contributed by atoms with Crippen LogP contribution < -0.4 is 0 Å². The van der Waals surface area contributed by atoms with E-state index in [0.717, 1.165) is 11.1 Å². The van der Waals surface area contributed by atoms with Gasteiger partial charge in [-0.25, -0.2) is 9.18 Å². The van der Waals surface area contributed by atoms with Gasteiger partial charge in [0.1, 0.15) is 18.0 Å². The molecular weight excluding hydrogens is 381 g/mol. The van der Waals surface area contributed by atoms with E-state index in [2.05, 4.69) is 24.3 Å². The fourth-order valence-corrected chi connectivity index (χ4v) is 4.69. The lowest BCUT2D eigenvalue weighted by Crippen LogP contribution is -2.35. The van der Waals surface area contributed by atoms with Crippen molar-refractivity contribution in [3.05, 3.63) is 95.3 Å². The van der Waals surface area contributed by atoms with Crippen LogP contribution in [0, 0.1) is 5.82 Å². The van der Waals surface area contributed by atoms with Crippen molar-refractivity contribution in [2.75, 3.05) is 19.7 Å². The normalized spacial score (nSPS) is 20.1. The maximum Gasteiger partial charge on any atom is 0.409 e. The Labute approximate surface area is 174 Å². The molecule has 4 nitrogen and oxygen atoms in total. The molecule has 152 valence electrons. The predicted octanol–water partition coefficient (Wildman–Crippen LogP) is 4.67. The third kappa shape index (κ3) is 3.06. The predicted molar refractivity (Wildman–Crippen MR) is 112 cm³/mol. The van der Waals surface area contributed by atoms with Crippen LogP contribution in [0.1, 0.15) is 29.0 Å². The molecule has 3 aromatic rings. The number of hydrogen-bond donors (Lipinski definition) is 1. The molecule has 5 rings (SSSR count). The molecular formula is C25H22FNO3. The number of likely N-dealkylation sites (tertiary alicyclic amines) is 1. The molecule has 1 unspecified atom stereocenters. The summed E-state index contributed by atoms with van der Waals surface area (Å²) in [6.45, 7) is 0.563. The molecule has 1 aliphatic heterocycles. The first-order valence-electron chi connectivity index (χ1n) is 10.1. The van der Waals surface area contributed by atoms with E-state index in [1.807, 2.05) is 24.3 Å². The Kier molecular flexibility index (Phi) is 4.55. The number of carbonyl (C=O) groups excluding carboxylic acids is 1. The van der Waals surface area contributed by atoms with Crippen molar-refractivity contribution in [1.29, 1.82) is 0 Å². The average molecular weight is 403 g/mol. The Morgan fingerprint density at radius 2 is 1.60 bits per heavy atom. The summed E-state index contributed by atoms with van der Waals surface area (Å²) in [5, 5.41) is 10.9. The zero-order valence-electron chi connectivity index (χ0n) is 16.4. The third-order valence-electron chi connectivity index (χ3n) is 6.22. The number of amides is 1. The number of halogens is 1. The van der Waals surface area contributed by atoms with Crippen LogP contribution in [-0.2, 0) is 10.3 Å². The highest BCUT2D eigenvalue weighted by molar-refractivity contribution is 5.79. The van der Waals surface area contributed by atoms with Crippen LogP contribution in [0.2, 0.25) is 0 Å². The number of hydrogen-bond acceptors (Lipinski definition) is 3. The van der Waals surface area contributed by atoms with Gasteiger partial charge in [-0.2, -0.15) is 0 Å². The second kappa shape index (κ2) is 7.26. The Morgan fingerprint density at radius 1 is 1.00 bits per heavy atom. The number of fused-ring (bicyclic) bond motifs is 3. The molecule has 5 heteroatoms. The molecule has 0 saturated carbocycles. The standard InChI is InChI=1S/C25H22FNO3/c26-23-12-6-5-11-22(23)25(29)13-14-27(16-25)24(28)30-15-21-19-9-3-1-7-17(19)18-8-2-4-10-20(18)21/h1-12,21,29H,13-16H2. The fraction of sp³-hybridized carbons (Fsp3) is 0.240. The number of ether oxygens (including phenoxy) is 1. The van der Waals surface area contributed by atoms with Crippen LogP contribution >= 0.6 is 0 Å². The molecule has 0 spiro atoms. The highest BCUT2D eigenvalue weighted by Gasteiger charge is 2.42. The molecule has 0 aromatic heterocycles. The zero-order chi connectivity index (χ0) is 20.7. The van der Waals surface area contributed by atoms with Crippen molar-refractivity contribution < 1.29 is 19.0 Å². The topological polar surface area (TPSA) is 49.8 Å². The zero-order valence-corrected chi connectivity index (χ0v) is 16.4. The summed E-state index contributed by atoms with van der Waals surface area (Å²) in [5.41, 5.74) is 3.47. The number of aliphatic hydroxyl groups is 1. The van der Waals surface area contributed by atoms with Gasteiger partial charge < -0.3 is 14.7 Å². The van der Waals surface area contributed by atoms with E-state index in [4.69, 9.17) is 4.74 Å². The van der Waals surface area contributed by atoms with E-state index < -0.39 is 17.5 Å². The smallest absolute Gasteiger partial charge is 0.409 e. The maximum absolute atomic E-state index is 14.2. The minimum Gasteiger partial charge on any atom is -0.448 e. The summed E-state index contributed by atoms with van der Waals surface area (Å²) in [6, 6.07) is 22.5. The van der Waals surface area contributed by atoms with Crippen molar-refractivity contribution in [3.63, 3.8) is 0 Å². The molecule has 1 saturated heterocycles. The van der Waals surface area contributed by atoms with Crippen molar-refractivity contribution in [2.45, 2.75) is 17.9 Å². The van der Waals surface area contributed by atoms with Crippen molar-refractivity contribution in [3.8, 4) is 11.1 Å². The molecule has 1 N–H and O–H groups in total. The summed E-state index contributed by atoms with van der Waals surface area (Å²) in [5.74, 6) is -0.483. The SMILES string of the molecule is O=C(OCC1c2ccccc2-c2ccccc21)N1CCC(O)(c2ccccc2F)C1. The molecule has 1 fully saturated rings. The summed E-state index contributed by atoms with van der Waals surface area (Å²) < 4.78 is 19.8. The van der Waals surface area contributed by atoms with Crippen LogP contribution in [0.5, 0.6) is 0 Å². The maximum atomic E-state index is 14.2. The van der Waals surface area contributed by atoms with Gasteiger partial charge in [-0.3, -0.25) is 0 Å². The quantitative estimate of drug-likeness (QED) is 0.692. The number of β-amino-alcohol motifs (C(OH)–C–C–N with tert-alkyl or cyclic N) is 1. The molecule has 0 bridgehead atoms. The van der Waals surface area contributed by atoms with E-state index in [-0.39, 0.29) is 31.1 Å². The van der Waals surface area contributed by atoms with Gasteiger partial charge in [0.2, 0.25) is 0 Å². The van der Waals surface area contributed by atoms with Gasteiger partial charge in [0.05, 0.1) is 6.54 Å². The number of benzene rings is 3. The molecule has 1 aliphatic carbocycles. The van der Waals surface area contributed by atoms with Crippen LogP contribution in [0.3, 0.4) is 0 Å². The van der Waals surface area contributed by atoms with Gasteiger partial charge in [0, 0.05) is 18.0 Å². The van der Waals surface area contributed by atoms with E-state index in [1.54, 1.807) is 18.2 Å². The molecule has 3 aromatic carbocycles. The van der Waals surface area contributed by atoms with Crippen molar-refractivity contribution in [2.24, 2.45) is 0 Å². The van der Waals surface area contributed by atoms with Crippen LogP contribution in [0.25, 0.3) is 11.1 Å². The second-order valence-electron chi connectivity index (χ2n) is 7.99. The van der Waals surface area contributed by atoms with Gasteiger partial charge >= 0.3 is 6.09 Å². The summed E-state index contributed by atoms with van der Waals surface area (Å²) in [4.78, 5) is 14.2. The van der Waals surface area contributed by atoms with Crippen LogP contribution in [-0.4, -0.2) is 35.8 Å². The van der Waals surface area contributed by atoms with Crippen LogP contribution in [0.4, 0.5) is 9.18 Å². The van der Waals surface area contributed by atoms with E-state index in [9.17, 15) is 14.3 Å². The van der Waals surface area contributed by atoms with Crippen molar-refractivity contribution in [1.82, 2.24) is 4.90 Å². The number of nitrogens with zero attached hydrogens (tertiary/aromatic N) is 1. The third-order valence-corrected chi connectivity index (χ3v) is 6.22. The Hall–Kier alpha value is -3.18. The van der Waals surface area contributed by atoms with E-state index >= 15 is 0 Å². The highest BCUT2D eigenvalue weighted by Crippen LogP contribution is 2.44. The minimum atomic E-state index is -1.39. The first kappa shape index (κ1) is 18.8. The van der Waals surface area contributed by atoms with Crippen LogP contribution in [0.15, 0.2) is 72.8 Å². The largest absolute Gasteiger partial charge is 0.448 e. The average Bonchev–Trinajstić information content (AvgIpc) is 3.32.